The fourth-order valence-corrected chi connectivity index (χ4v) is 1.09. The number of carbonyl (C=O) groups excluding carboxylic acids is 2. The second-order valence-electron chi connectivity index (χ2n) is 5.19. The summed E-state index contributed by atoms with van der Waals surface area (Å²) < 4.78 is 0. The lowest BCUT2D eigenvalue weighted by Crippen LogP contribution is -2.51. The maximum Gasteiger partial charge on any atom is 0.321 e. The van der Waals surface area contributed by atoms with Gasteiger partial charge in [0.1, 0.15) is 0 Å². The molecule has 0 aliphatic heterocycles. The van der Waals surface area contributed by atoms with Crippen molar-refractivity contribution < 1.29 is 19.5 Å². The van der Waals surface area contributed by atoms with Crippen LogP contribution in [0.5, 0.6) is 0 Å². The molecule has 0 unspecified atom stereocenters. The van der Waals surface area contributed by atoms with E-state index in [0.29, 0.717) is 6.54 Å². The average molecular weight is 273 g/mol. The van der Waals surface area contributed by atoms with Crippen molar-refractivity contribution >= 4 is 17.9 Å². The molecule has 0 aliphatic carbocycles. The molecule has 19 heavy (non-hydrogen) atoms. The highest BCUT2D eigenvalue weighted by Crippen LogP contribution is 2.07. The van der Waals surface area contributed by atoms with Gasteiger partial charge in [-0.3, -0.25) is 14.9 Å². The quantitative estimate of drug-likeness (QED) is 0.624. The molecule has 0 heterocycles. The van der Waals surface area contributed by atoms with Gasteiger partial charge in [0.25, 0.3) is 0 Å². The second kappa shape index (κ2) is 7.73. The van der Waals surface area contributed by atoms with E-state index >= 15 is 0 Å². The molecule has 0 aromatic heterocycles. The summed E-state index contributed by atoms with van der Waals surface area (Å²) in [7, 11) is 3.80. The number of nitrogens with one attached hydrogen (secondary N) is 2. The van der Waals surface area contributed by atoms with Gasteiger partial charge in [0.2, 0.25) is 5.91 Å². The minimum Gasteiger partial charge on any atom is -0.481 e. The molecular formula is C12H23N3O4. The number of urea groups is 1. The third-order valence-corrected chi connectivity index (χ3v) is 2.94. The van der Waals surface area contributed by atoms with Crippen LogP contribution in [0.1, 0.15) is 33.1 Å². The fourth-order valence-electron chi connectivity index (χ4n) is 1.09. The third-order valence-electron chi connectivity index (χ3n) is 2.94. The van der Waals surface area contributed by atoms with Crippen molar-refractivity contribution in [1.29, 1.82) is 0 Å². The predicted molar refractivity (Wildman–Crippen MR) is 70.8 cm³/mol. The lowest BCUT2D eigenvalue weighted by Gasteiger charge is -2.32. The Kier molecular flexibility index (Phi) is 7.06. The van der Waals surface area contributed by atoms with Crippen molar-refractivity contribution in [2.75, 3.05) is 20.6 Å². The van der Waals surface area contributed by atoms with E-state index in [2.05, 4.69) is 10.6 Å². The summed E-state index contributed by atoms with van der Waals surface area (Å²) in [5.41, 5.74) is -0.219. The van der Waals surface area contributed by atoms with Gasteiger partial charge in [-0.25, -0.2) is 4.79 Å². The third kappa shape index (κ3) is 8.15. The highest BCUT2D eigenvalue weighted by molar-refractivity contribution is 5.94. The van der Waals surface area contributed by atoms with Crippen LogP contribution in [0, 0.1) is 0 Å². The van der Waals surface area contributed by atoms with Gasteiger partial charge in [0, 0.05) is 24.9 Å². The Balaban J connectivity index is 3.92. The van der Waals surface area contributed by atoms with E-state index in [1.165, 1.54) is 0 Å². The minimum absolute atomic E-state index is 0.0246. The molecule has 0 atom stereocenters. The van der Waals surface area contributed by atoms with E-state index in [1.807, 2.05) is 32.8 Å². The zero-order valence-electron chi connectivity index (χ0n) is 11.9. The maximum atomic E-state index is 11.4. The van der Waals surface area contributed by atoms with Crippen LogP contribution in [0.4, 0.5) is 4.79 Å². The Labute approximate surface area is 113 Å². The van der Waals surface area contributed by atoms with Crippen LogP contribution < -0.4 is 10.6 Å². The van der Waals surface area contributed by atoms with E-state index in [9.17, 15) is 14.4 Å². The van der Waals surface area contributed by atoms with Gasteiger partial charge >= 0.3 is 12.0 Å². The van der Waals surface area contributed by atoms with Gasteiger partial charge in [0.15, 0.2) is 0 Å². The summed E-state index contributed by atoms with van der Waals surface area (Å²) in [6.45, 7) is 4.32. The van der Waals surface area contributed by atoms with E-state index in [1.54, 1.807) is 0 Å². The van der Waals surface area contributed by atoms with Crippen molar-refractivity contribution in [3.8, 4) is 0 Å². The Bertz CT molecular complexity index is 340. The average Bonchev–Trinajstić information content (AvgIpc) is 2.25. The number of amides is 3. The molecule has 0 fully saturated rings. The molecule has 0 aromatic rings. The van der Waals surface area contributed by atoms with Crippen molar-refractivity contribution in [2.45, 2.75) is 38.6 Å². The molecule has 0 aliphatic rings. The van der Waals surface area contributed by atoms with Crippen molar-refractivity contribution in [2.24, 2.45) is 0 Å². The van der Waals surface area contributed by atoms with Crippen molar-refractivity contribution in [3.05, 3.63) is 0 Å². The van der Waals surface area contributed by atoms with Gasteiger partial charge < -0.3 is 15.3 Å². The molecule has 0 rings (SSSR count). The SMILES string of the molecule is CN(C)C(C)(C)CNC(=O)NC(=O)CCCC(=O)O. The minimum atomic E-state index is -0.954. The van der Waals surface area contributed by atoms with Gasteiger partial charge in [-0.15, -0.1) is 0 Å². The molecule has 0 aromatic carbocycles. The van der Waals surface area contributed by atoms with Gasteiger partial charge in [-0.1, -0.05) is 0 Å². The van der Waals surface area contributed by atoms with Crippen LogP contribution in [0.3, 0.4) is 0 Å². The number of hydrogen-bond donors (Lipinski definition) is 3. The van der Waals surface area contributed by atoms with Crippen LogP contribution in [0.2, 0.25) is 0 Å². The first-order valence-corrected chi connectivity index (χ1v) is 6.12. The van der Waals surface area contributed by atoms with E-state index in [0.717, 1.165) is 0 Å². The number of carbonyl (C=O) groups is 3. The number of nitrogens with zero attached hydrogens (tertiary/aromatic N) is 1. The summed E-state index contributed by atoms with van der Waals surface area (Å²) >= 11 is 0. The smallest absolute Gasteiger partial charge is 0.321 e. The number of hydrogen-bond acceptors (Lipinski definition) is 4. The number of carboxylic acid groups (broad SMARTS) is 1. The van der Waals surface area contributed by atoms with Crippen LogP contribution in [0.15, 0.2) is 0 Å². The highest BCUT2D eigenvalue weighted by Gasteiger charge is 2.21. The maximum absolute atomic E-state index is 11.4. The van der Waals surface area contributed by atoms with Gasteiger partial charge in [0.05, 0.1) is 0 Å². The largest absolute Gasteiger partial charge is 0.481 e. The van der Waals surface area contributed by atoms with Crippen molar-refractivity contribution in [3.63, 3.8) is 0 Å². The summed E-state index contributed by atoms with van der Waals surface area (Å²) in [6.07, 6.45) is 0.164. The fraction of sp³-hybridized carbons (Fsp3) is 0.750. The highest BCUT2D eigenvalue weighted by atomic mass is 16.4. The Morgan fingerprint density at radius 2 is 1.74 bits per heavy atom. The number of carboxylic acids is 1. The van der Waals surface area contributed by atoms with E-state index in [-0.39, 0.29) is 24.8 Å². The van der Waals surface area contributed by atoms with Crippen LogP contribution in [-0.2, 0) is 9.59 Å². The van der Waals surface area contributed by atoms with Crippen molar-refractivity contribution in [1.82, 2.24) is 15.5 Å². The van der Waals surface area contributed by atoms with Crippen LogP contribution >= 0.6 is 0 Å². The molecule has 7 heteroatoms. The molecule has 0 radical (unpaired) electrons. The van der Waals surface area contributed by atoms with Gasteiger partial charge in [-0.05, 0) is 34.4 Å². The Morgan fingerprint density at radius 3 is 2.21 bits per heavy atom. The molecule has 3 amide bonds. The lowest BCUT2D eigenvalue weighted by atomic mass is 10.1. The second-order valence-corrected chi connectivity index (χ2v) is 5.19. The molecule has 7 nitrogen and oxygen atoms in total. The number of aliphatic carboxylic acids is 1. The summed E-state index contributed by atoms with van der Waals surface area (Å²) in [5, 5.41) is 13.2. The summed E-state index contributed by atoms with van der Waals surface area (Å²) in [5.74, 6) is -1.42. The number of imide groups is 1. The lowest BCUT2D eigenvalue weighted by molar-refractivity contribution is -0.137. The van der Waals surface area contributed by atoms with Crippen LogP contribution in [0.25, 0.3) is 0 Å². The van der Waals surface area contributed by atoms with E-state index in [4.69, 9.17) is 5.11 Å². The first kappa shape index (κ1) is 17.4. The predicted octanol–water partition coefficient (Wildman–Crippen LogP) is 0.407. The Morgan fingerprint density at radius 1 is 1.16 bits per heavy atom. The molecular weight excluding hydrogens is 250 g/mol. The topological polar surface area (TPSA) is 98.7 Å². The van der Waals surface area contributed by atoms with Crippen LogP contribution in [-0.4, -0.2) is 54.1 Å². The molecule has 0 bridgehead atoms. The van der Waals surface area contributed by atoms with Gasteiger partial charge in [-0.2, -0.15) is 0 Å². The van der Waals surface area contributed by atoms with E-state index < -0.39 is 17.9 Å². The Hall–Kier alpha value is -1.63. The normalized spacial score (nSPS) is 11.2. The molecule has 110 valence electrons. The molecule has 0 spiro atoms. The molecule has 0 saturated carbocycles. The zero-order valence-corrected chi connectivity index (χ0v) is 11.9. The summed E-state index contributed by atoms with van der Waals surface area (Å²) in [4.78, 5) is 35.0. The molecule has 3 N–H and O–H groups in total. The number of likely N-dealkylation sites (N-methyl/N-ethyl adjacent to an activating group) is 1. The summed E-state index contributed by atoms with van der Waals surface area (Å²) in [6, 6.07) is -0.560. The monoisotopic (exact) mass is 273 g/mol. The standard InChI is InChI=1S/C12H23N3O4/c1-12(2,15(3)4)8-13-11(19)14-9(16)6-5-7-10(17)18/h5-8H2,1-4H3,(H,17,18)(H2,13,14,16,19). The molecule has 0 saturated heterocycles. The first-order chi connectivity index (χ1) is 8.65. The first-order valence-electron chi connectivity index (χ1n) is 6.12. The number of rotatable bonds is 7. The zero-order chi connectivity index (χ0) is 15.1.